The number of hydrogen-bond donors (Lipinski definition) is 0. The quantitative estimate of drug-likeness (QED) is 0.0958. The van der Waals surface area contributed by atoms with E-state index in [1.165, 1.54) is 150 Å². The van der Waals surface area contributed by atoms with Crippen molar-refractivity contribution in [3.05, 3.63) is 71.8 Å². The summed E-state index contributed by atoms with van der Waals surface area (Å²) in [5, 5.41) is 0.701. The summed E-state index contributed by atoms with van der Waals surface area (Å²) in [4.78, 5) is 23.6. The van der Waals surface area contributed by atoms with Gasteiger partial charge in [0.05, 0.1) is 0 Å². The maximum atomic E-state index is 11.8. The zero-order valence-corrected chi connectivity index (χ0v) is 30.0. The summed E-state index contributed by atoms with van der Waals surface area (Å²) < 4.78 is 0. The molecule has 2 rings (SSSR count). The Kier molecular flexibility index (Phi) is 29.0. The standard InChI is InChI=1S/C21H34OS.C19H30OS/c1-2-3-4-5-6-7-8-9-10-11-15-18-21(22)23-19-20-16-13-12-14-17-20;1-2-3-4-5-6-7-8-9-13-16-19(20)21-17-18-14-11-10-12-15-18/h12-14,16-17H,2-11,15,18-19H2,1H3;10-12,14-15H,2-9,13,16-17H2,1H3. The van der Waals surface area contributed by atoms with Crippen molar-refractivity contribution in [3.8, 4) is 0 Å². The van der Waals surface area contributed by atoms with Crippen molar-refractivity contribution in [1.29, 1.82) is 0 Å². The van der Waals surface area contributed by atoms with E-state index in [1.807, 2.05) is 36.4 Å². The number of thioether (sulfide) groups is 2. The zero-order chi connectivity index (χ0) is 31.8. The lowest BCUT2D eigenvalue weighted by Crippen LogP contribution is -1.93. The molecule has 0 unspecified atom stereocenters. The molecule has 0 radical (unpaired) electrons. The van der Waals surface area contributed by atoms with Crippen LogP contribution in [0, 0.1) is 0 Å². The highest BCUT2D eigenvalue weighted by molar-refractivity contribution is 8.13. The van der Waals surface area contributed by atoms with Gasteiger partial charge in [-0.15, -0.1) is 0 Å². The van der Waals surface area contributed by atoms with E-state index in [4.69, 9.17) is 0 Å². The van der Waals surface area contributed by atoms with Crippen molar-refractivity contribution in [2.75, 3.05) is 0 Å². The average Bonchev–Trinajstić information content (AvgIpc) is 3.06. The van der Waals surface area contributed by atoms with E-state index in [-0.39, 0.29) is 0 Å². The third-order valence-electron chi connectivity index (χ3n) is 7.95. The smallest absolute Gasteiger partial charge is 0.189 e. The van der Waals surface area contributed by atoms with E-state index in [0.717, 1.165) is 37.2 Å². The van der Waals surface area contributed by atoms with Gasteiger partial charge in [-0.3, -0.25) is 9.59 Å². The second kappa shape index (κ2) is 31.5. The lowest BCUT2D eigenvalue weighted by atomic mass is 10.1. The summed E-state index contributed by atoms with van der Waals surface area (Å²) in [7, 11) is 0. The topological polar surface area (TPSA) is 34.1 Å². The summed E-state index contributed by atoms with van der Waals surface area (Å²) in [6.07, 6.45) is 27.9. The number of rotatable bonds is 26. The van der Waals surface area contributed by atoms with Gasteiger partial charge < -0.3 is 0 Å². The summed E-state index contributed by atoms with van der Waals surface area (Å²) in [5.41, 5.74) is 2.48. The van der Waals surface area contributed by atoms with Crippen LogP contribution < -0.4 is 0 Å². The van der Waals surface area contributed by atoms with E-state index in [1.54, 1.807) is 0 Å². The number of carbonyl (C=O) groups is 2. The number of carbonyl (C=O) groups excluding carboxylic acids is 2. The van der Waals surface area contributed by atoms with Gasteiger partial charge >= 0.3 is 0 Å². The van der Waals surface area contributed by atoms with Gasteiger partial charge in [-0.2, -0.15) is 0 Å². The van der Waals surface area contributed by atoms with Gasteiger partial charge in [0, 0.05) is 24.3 Å². The molecule has 44 heavy (non-hydrogen) atoms. The van der Waals surface area contributed by atoms with Gasteiger partial charge in [0.15, 0.2) is 10.2 Å². The normalized spacial score (nSPS) is 10.8. The van der Waals surface area contributed by atoms with Crippen molar-refractivity contribution in [1.82, 2.24) is 0 Å². The fraction of sp³-hybridized carbons (Fsp3) is 0.650. The van der Waals surface area contributed by atoms with Crippen LogP contribution in [0.5, 0.6) is 0 Å². The number of benzene rings is 2. The molecular formula is C40H64O2S2. The van der Waals surface area contributed by atoms with Gasteiger partial charge in [-0.05, 0) is 24.0 Å². The summed E-state index contributed by atoms with van der Waals surface area (Å²) in [6.45, 7) is 4.53. The molecule has 0 saturated carbocycles. The molecule has 2 aromatic carbocycles. The molecule has 0 fully saturated rings. The predicted octanol–water partition coefficient (Wildman–Crippen LogP) is 13.5. The number of unbranched alkanes of at least 4 members (excludes halogenated alkanes) is 18. The molecule has 0 N–H and O–H groups in total. The van der Waals surface area contributed by atoms with Crippen molar-refractivity contribution in [2.24, 2.45) is 0 Å². The first kappa shape index (κ1) is 40.5. The SMILES string of the molecule is CCCCCCCCCCCC(=O)SCc1ccccc1.CCCCCCCCCCCCCC(=O)SCc1ccccc1. The third kappa shape index (κ3) is 26.8. The molecule has 0 saturated heterocycles. The van der Waals surface area contributed by atoms with Gasteiger partial charge in [-0.25, -0.2) is 0 Å². The highest BCUT2D eigenvalue weighted by Crippen LogP contribution is 2.19. The van der Waals surface area contributed by atoms with Crippen LogP contribution in [0.4, 0.5) is 0 Å². The highest BCUT2D eigenvalue weighted by atomic mass is 32.2. The van der Waals surface area contributed by atoms with Crippen molar-refractivity contribution in [3.63, 3.8) is 0 Å². The first-order valence-electron chi connectivity index (χ1n) is 18.0. The Morgan fingerprint density at radius 3 is 0.977 bits per heavy atom. The molecule has 2 aromatic rings. The number of hydrogen-bond acceptors (Lipinski definition) is 4. The minimum atomic E-state index is 0.349. The zero-order valence-electron chi connectivity index (χ0n) is 28.4. The summed E-state index contributed by atoms with van der Waals surface area (Å²) >= 11 is 2.94. The van der Waals surface area contributed by atoms with Crippen LogP contribution in [0.2, 0.25) is 0 Å². The maximum absolute atomic E-state index is 11.8. The molecule has 0 spiro atoms. The Morgan fingerprint density at radius 2 is 0.682 bits per heavy atom. The molecule has 0 aliphatic rings. The minimum Gasteiger partial charge on any atom is -0.287 e. The fourth-order valence-electron chi connectivity index (χ4n) is 5.13. The Balaban J connectivity index is 0.000000442. The monoisotopic (exact) mass is 640 g/mol. The lowest BCUT2D eigenvalue weighted by molar-refractivity contribution is -0.111. The molecule has 0 aromatic heterocycles. The van der Waals surface area contributed by atoms with E-state index >= 15 is 0 Å². The van der Waals surface area contributed by atoms with Gasteiger partial charge in [0.25, 0.3) is 0 Å². The summed E-state index contributed by atoms with van der Waals surface area (Å²) in [5.74, 6) is 1.63. The Morgan fingerprint density at radius 1 is 0.409 bits per heavy atom. The Bertz CT molecular complexity index is 900. The molecule has 0 aliphatic carbocycles. The Hall–Kier alpha value is -1.52. The van der Waals surface area contributed by atoms with Crippen LogP contribution >= 0.6 is 23.5 Å². The minimum absolute atomic E-state index is 0.349. The molecule has 0 bridgehead atoms. The van der Waals surface area contributed by atoms with Crippen molar-refractivity contribution < 1.29 is 9.59 Å². The second-order valence-corrected chi connectivity index (χ2v) is 14.2. The van der Waals surface area contributed by atoms with Crippen LogP contribution in [0.1, 0.15) is 166 Å². The van der Waals surface area contributed by atoms with E-state index < -0.39 is 0 Å². The molecule has 0 aliphatic heterocycles. The molecule has 0 atom stereocenters. The maximum Gasteiger partial charge on any atom is 0.189 e. The van der Waals surface area contributed by atoms with E-state index in [0.29, 0.717) is 10.2 Å². The first-order chi connectivity index (χ1) is 21.7. The van der Waals surface area contributed by atoms with E-state index in [2.05, 4.69) is 38.1 Å². The van der Waals surface area contributed by atoms with Crippen LogP contribution in [0.25, 0.3) is 0 Å². The Labute approximate surface area is 280 Å². The first-order valence-corrected chi connectivity index (χ1v) is 20.0. The van der Waals surface area contributed by atoms with Crippen molar-refractivity contribution in [2.45, 2.75) is 167 Å². The third-order valence-corrected chi connectivity index (χ3v) is 9.96. The van der Waals surface area contributed by atoms with Crippen LogP contribution in [0.15, 0.2) is 60.7 Å². The van der Waals surface area contributed by atoms with Gasteiger partial charge in [-0.1, -0.05) is 214 Å². The van der Waals surface area contributed by atoms with E-state index in [9.17, 15) is 9.59 Å². The molecule has 4 heteroatoms. The van der Waals surface area contributed by atoms with Crippen LogP contribution in [-0.4, -0.2) is 10.2 Å². The summed E-state index contributed by atoms with van der Waals surface area (Å²) in [6, 6.07) is 20.5. The molecule has 0 heterocycles. The van der Waals surface area contributed by atoms with Crippen molar-refractivity contribution >= 4 is 33.8 Å². The lowest BCUT2D eigenvalue weighted by Gasteiger charge is -2.03. The van der Waals surface area contributed by atoms with Gasteiger partial charge in [0.1, 0.15) is 0 Å². The predicted molar refractivity (Wildman–Crippen MR) is 198 cm³/mol. The van der Waals surface area contributed by atoms with Gasteiger partial charge in [0.2, 0.25) is 0 Å². The fourth-order valence-corrected chi connectivity index (χ4v) is 6.75. The van der Waals surface area contributed by atoms with Crippen LogP contribution in [-0.2, 0) is 21.1 Å². The highest BCUT2D eigenvalue weighted by Gasteiger charge is 2.04. The molecule has 2 nitrogen and oxygen atoms in total. The average molecular weight is 641 g/mol. The largest absolute Gasteiger partial charge is 0.287 e. The molecule has 248 valence electrons. The molecular weight excluding hydrogens is 577 g/mol. The molecule has 0 amide bonds. The van der Waals surface area contributed by atoms with Crippen LogP contribution in [0.3, 0.4) is 0 Å². The second-order valence-electron chi connectivity index (χ2n) is 12.2.